The van der Waals surface area contributed by atoms with Gasteiger partial charge >= 0.3 is 0 Å². The Morgan fingerprint density at radius 3 is 1.92 bits per heavy atom. The first kappa shape index (κ1) is 15.6. The number of rotatable bonds is 3. The number of phenols is 2. The molecule has 0 heterocycles. The summed E-state index contributed by atoms with van der Waals surface area (Å²) >= 11 is 0. The SMILES string of the molecule is O=C(c1ccccc1O)N(c1ccc(O)cc1)c1ccc(F)cc1. The summed E-state index contributed by atoms with van der Waals surface area (Å²) in [4.78, 5) is 14.3. The maximum atomic E-state index is 13.2. The Labute approximate surface area is 138 Å². The molecule has 0 aromatic heterocycles. The first-order valence-electron chi connectivity index (χ1n) is 7.23. The number of benzene rings is 3. The van der Waals surface area contributed by atoms with E-state index in [9.17, 15) is 19.4 Å². The van der Waals surface area contributed by atoms with Gasteiger partial charge in [0.05, 0.1) is 5.56 Å². The van der Waals surface area contributed by atoms with Gasteiger partial charge in [0.1, 0.15) is 17.3 Å². The number of hydrogen-bond acceptors (Lipinski definition) is 3. The molecule has 0 unspecified atom stereocenters. The number of para-hydroxylation sites is 1. The molecule has 3 aromatic rings. The van der Waals surface area contributed by atoms with Crippen LogP contribution in [-0.2, 0) is 0 Å². The topological polar surface area (TPSA) is 60.8 Å². The maximum Gasteiger partial charge on any atom is 0.266 e. The van der Waals surface area contributed by atoms with Crippen molar-refractivity contribution in [1.82, 2.24) is 0 Å². The van der Waals surface area contributed by atoms with E-state index < -0.39 is 11.7 Å². The quantitative estimate of drug-likeness (QED) is 0.759. The third-order valence-corrected chi connectivity index (χ3v) is 3.53. The standard InChI is InChI=1S/C19H14FNO3/c20-13-5-7-14(8-6-13)21(15-9-11-16(22)12-10-15)19(24)17-3-1-2-4-18(17)23/h1-12,22-23H. The van der Waals surface area contributed by atoms with Crippen molar-refractivity contribution in [2.45, 2.75) is 0 Å². The number of phenolic OH excluding ortho intramolecular Hbond substituents is 2. The molecule has 1 amide bonds. The van der Waals surface area contributed by atoms with Crippen LogP contribution >= 0.6 is 0 Å². The van der Waals surface area contributed by atoms with Gasteiger partial charge < -0.3 is 10.2 Å². The van der Waals surface area contributed by atoms with Crippen molar-refractivity contribution in [2.75, 3.05) is 4.90 Å². The summed E-state index contributed by atoms with van der Waals surface area (Å²) in [6, 6.07) is 17.7. The monoisotopic (exact) mass is 323 g/mol. The van der Waals surface area contributed by atoms with Gasteiger partial charge in [-0.15, -0.1) is 0 Å². The zero-order valence-corrected chi connectivity index (χ0v) is 12.6. The van der Waals surface area contributed by atoms with E-state index >= 15 is 0 Å². The van der Waals surface area contributed by atoms with E-state index in [1.807, 2.05) is 0 Å². The van der Waals surface area contributed by atoms with Crippen LogP contribution in [0.1, 0.15) is 10.4 Å². The third kappa shape index (κ3) is 3.05. The van der Waals surface area contributed by atoms with E-state index in [1.54, 1.807) is 24.3 Å². The molecule has 0 saturated carbocycles. The van der Waals surface area contributed by atoms with Crippen LogP contribution in [0.3, 0.4) is 0 Å². The van der Waals surface area contributed by atoms with Crippen LogP contribution in [0, 0.1) is 5.82 Å². The first-order chi connectivity index (χ1) is 11.6. The second-order valence-corrected chi connectivity index (χ2v) is 5.15. The van der Waals surface area contributed by atoms with Gasteiger partial charge in [-0.25, -0.2) is 4.39 Å². The van der Waals surface area contributed by atoms with Gasteiger partial charge in [-0.2, -0.15) is 0 Å². The van der Waals surface area contributed by atoms with Gasteiger partial charge in [0.25, 0.3) is 5.91 Å². The fourth-order valence-electron chi connectivity index (χ4n) is 2.35. The largest absolute Gasteiger partial charge is 0.508 e. The number of nitrogens with zero attached hydrogens (tertiary/aromatic N) is 1. The lowest BCUT2D eigenvalue weighted by molar-refractivity contribution is 0.0996. The highest BCUT2D eigenvalue weighted by atomic mass is 19.1. The number of aromatic hydroxyl groups is 2. The molecule has 0 bridgehead atoms. The number of hydrogen-bond donors (Lipinski definition) is 2. The van der Waals surface area contributed by atoms with E-state index in [-0.39, 0.29) is 17.1 Å². The van der Waals surface area contributed by atoms with E-state index in [0.717, 1.165) is 0 Å². The molecule has 0 aliphatic carbocycles. The summed E-state index contributed by atoms with van der Waals surface area (Å²) in [5.41, 5.74) is 1.04. The molecule has 120 valence electrons. The van der Waals surface area contributed by atoms with Crippen molar-refractivity contribution in [3.63, 3.8) is 0 Å². The van der Waals surface area contributed by atoms with Gasteiger partial charge in [0.2, 0.25) is 0 Å². The second-order valence-electron chi connectivity index (χ2n) is 5.15. The maximum absolute atomic E-state index is 13.2. The number of carbonyl (C=O) groups excluding carboxylic acids is 1. The number of amides is 1. The highest BCUT2D eigenvalue weighted by molar-refractivity contribution is 6.12. The summed E-state index contributed by atoms with van der Waals surface area (Å²) in [5.74, 6) is -0.967. The van der Waals surface area contributed by atoms with Gasteiger partial charge in [0.15, 0.2) is 0 Å². The molecule has 0 saturated heterocycles. The van der Waals surface area contributed by atoms with Crippen molar-refractivity contribution >= 4 is 17.3 Å². The highest BCUT2D eigenvalue weighted by Crippen LogP contribution is 2.31. The molecule has 4 nitrogen and oxygen atoms in total. The molecule has 3 rings (SSSR count). The Hall–Kier alpha value is -3.34. The Balaban J connectivity index is 2.11. The normalized spacial score (nSPS) is 10.4. The molecule has 0 aliphatic rings. The molecule has 0 atom stereocenters. The lowest BCUT2D eigenvalue weighted by atomic mass is 10.1. The first-order valence-corrected chi connectivity index (χ1v) is 7.23. The molecule has 0 fully saturated rings. The fourth-order valence-corrected chi connectivity index (χ4v) is 2.35. The van der Waals surface area contributed by atoms with Gasteiger partial charge in [-0.1, -0.05) is 12.1 Å². The van der Waals surface area contributed by atoms with Crippen molar-refractivity contribution in [3.8, 4) is 11.5 Å². The van der Waals surface area contributed by atoms with Crippen LogP contribution in [0.5, 0.6) is 11.5 Å². The summed E-state index contributed by atoms with van der Waals surface area (Å²) < 4.78 is 13.2. The average molecular weight is 323 g/mol. The number of halogens is 1. The van der Waals surface area contributed by atoms with Crippen molar-refractivity contribution in [2.24, 2.45) is 0 Å². The molecular weight excluding hydrogens is 309 g/mol. The summed E-state index contributed by atoms with van der Waals surface area (Å²) in [7, 11) is 0. The molecule has 0 aliphatic heterocycles. The molecule has 2 N–H and O–H groups in total. The molecule has 5 heteroatoms. The van der Waals surface area contributed by atoms with Gasteiger partial charge in [-0.3, -0.25) is 9.69 Å². The highest BCUT2D eigenvalue weighted by Gasteiger charge is 2.22. The summed E-state index contributed by atoms with van der Waals surface area (Å²) in [6.45, 7) is 0. The van der Waals surface area contributed by atoms with Crippen LogP contribution < -0.4 is 4.90 Å². The average Bonchev–Trinajstić information content (AvgIpc) is 2.59. The van der Waals surface area contributed by atoms with Gasteiger partial charge in [-0.05, 0) is 60.7 Å². The van der Waals surface area contributed by atoms with Crippen LogP contribution in [0.15, 0.2) is 72.8 Å². The minimum atomic E-state index is -0.467. The lowest BCUT2D eigenvalue weighted by Crippen LogP contribution is -2.26. The van der Waals surface area contributed by atoms with Crippen molar-refractivity contribution in [3.05, 3.63) is 84.2 Å². The van der Waals surface area contributed by atoms with Crippen LogP contribution in [0.2, 0.25) is 0 Å². The molecule has 0 spiro atoms. The molecule has 3 aromatic carbocycles. The minimum Gasteiger partial charge on any atom is -0.508 e. The van der Waals surface area contributed by atoms with Crippen LogP contribution in [-0.4, -0.2) is 16.1 Å². The van der Waals surface area contributed by atoms with E-state index in [2.05, 4.69) is 0 Å². The smallest absolute Gasteiger partial charge is 0.266 e. The molecule has 0 radical (unpaired) electrons. The van der Waals surface area contributed by atoms with Crippen LogP contribution in [0.4, 0.5) is 15.8 Å². The van der Waals surface area contributed by atoms with E-state index in [0.29, 0.717) is 11.4 Å². The Morgan fingerprint density at radius 2 is 1.33 bits per heavy atom. The van der Waals surface area contributed by atoms with Crippen molar-refractivity contribution in [1.29, 1.82) is 0 Å². The zero-order valence-electron chi connectivity index (χ0n) is 12.6. The lowest BCUT2D eigenvalue weighted by Gasteiger charge is -2.23. The number of carbonyl (C=O) groups is 1. The van der Waals surface area contributed by atoms with Crippen molar-refractivity contribution < 1.29 is 19.4 Å². The van der Waals surface area contributed by atoms with E-state index in [4.69, 9.17) is 0 Å². The molecule has 24 heavy (non-hydrogen) atoms. The second kappa shape index (κ2) is 6.42. The van der Waals surface area contributed by atoms with Gasteiger partial charge in [0, 0.05) is 11.4 Å². The zero-order chi connectivity index (χ0) is 17.1. The predicted molar refractivity (Wildman–Crippen MR) is 89.1 cm³/mol. The fraction of sp³-hybridized carbons (Fsp3) is 0. The summed E-state index contributed by atoms with van der Waals surface area (Å²) in [6.07, 6.45) is 0. The summed E-state index contributed by atoms with van der Waals surface area (Å²) in [5, 5.41) is 19.4. The Kier molecular flexibility index (Phi) is 4.16. The predicted octanol–water partition coefficient (Wildman–Crippen LogP) is 4.22. The molecular formula is C19H14FNO3. The third-order valence-electron chi connectivity index (χ3n) is 3.53. The Morgan fingerprint density at radius 1 is 0.792 bits per heavy atom. The number of anilines is 2. The van der Waals surface area contributed by atoms with E-state index in [1.165, 1.54) is 53.4 Å². The Bertz CT molecular complexity index is 815. The minimum absolute atomic E-state index is 0.0628. The van der Waals surface area contributed by atoms with Crippen LogP contribution in [0.25, 0.3) is 0 Å².